The Kier molecular flexibility index (Phi) is 2.68. The molecule has 2 heterocycles. The molecule has 0 aromatic rings. The molecule has 5 heteroatoms. The van der Waals surface area contributed by atoms with E-state index in [0.717, 1.165) is 6.42 Å². The molecule has 0 bridgehead atoms. The SMILES string of the molecule is CC(=O)O[C@@H]1C[C@@]2(C)O[C@]23CC=C(C)[C@@H]3[C@H]2OC(=O)[C@@H](C)[C@@H]21. The summed E-state index contributed by atoms with van der Waals surface area (Å²) in [5.41, 5.74) is 0.644. The summed E-state index contributed by atoms with van der Waals surface area (Å²) in [5, 5.41) is 0. The van der Waals surface area contributed by atoms with Crippen molar-refractivity contribution in [3.05, 3.63) is 11.6 Å². The van der Waals surface area contributed by atoms with Crippen molar-refractivity contribution >= 4 is 11.9 Å². The predicted molar refractivity (Wildman–Crippen MR) is 76.8 cm³/mol. The molecule has 4 aliphatic rings. The second-order valence-corrected chi connectivity index (χ2v) is 7.47. The maximum absolute atomic E-state index is 12.2. The molecule has 2 aliphatic carbocycles. The zero-order valence-electron chi connectivity index (χ0n) is 13.4. The molecule has 7 atom stereocenters. The minimum Gasteiger partial charge on any atom is -0.462 e. The van der Waals surface area contributed by atoms with Crippen molar-refractivity contribution in [2.24, 2.45) is 17.8 Å². The number of ether oxygens (including phenoxy) is 3. The fourth-order valence-electron chi connectivity index (χ4n) is 5.14. The zero-order valence-corrected chi connectivity index (χ0v) is 13.4. The molecule has 2 saturated heterocycles. The summed E-state index contributed by atoms with van der Waals surface area (Å²) in [6.07, 6.45) is 3.10. The highest BCUT2D eigenvalue weighted by Gasteiger charge is 2.77. The van der Waals surface area contributed by atoms with Crippen LogP contribution in [0.2, 0.25) is 0 Å². The summed E-state index contributed by atoms with van der Waals surface area (Å²) in [7, 11) is 0. The zero-order chi connectivity index (χ0) is 15.9. The van der Waals surface area contributed by atoms with Crippen molar-refractivity contribution in [3.63, 3.8) is 0 Å². The van der Waals surface area contributed by atoms with Gasteiger partial charge >= 0.3 is 11.9 Å². The quantitative estimate of drug-likeness (QED) is 0.421. The van der Waals surface area contributed by atoms with Crippen LogP contribution in [-0.4, -0.2) is 35.3 Å². The third kappa shape index (κ3) is 1.58. The van der Waals surface area contributed by atoms with Gasteiger partial charge in [-0.25, -0.2) is 0 Å². The molecule has 4 rings (SSSR count). The Balaban J connectivity index is 1.78. The molecule has 3 fully saturated rings. The molecule has 2 aliphatic heterocycles. The van der Waals surface area contributed by atoms with Crippen LogP contribution in [0, 0.1) is 17.8 Å². The first-order valence-electron chi connectivity index (χ1n) is 8.04. The van der Waals surface area contributed by atoms with Gasteiger partial charge in [0, 0.05) is 25.2 Å². The van der Waals surface area contributed by atoms with E-state index in [1.165, 1.54) is 12.5 Å². The van der Waals surface area contributed by atoms with Gasteiger partial charge in [0.2, 0.25) is 0 Å². The third-order valence-corrected chi connectivity index (χ3v) is 6.23. The first kappa shape index (κ1) is 14.2. The summed E-state index contributed by atoms with van der Waals surface area (Å²) >= 11 is 0. The van der Waals surface area contributed by atoms with Crippen LogP contribution in [0.25, 0.3) is 0 Å². The average Bonchev–Trinajstić information content (AvgIpc) is 2.68. The smallest absolute Gasteiger partial charge is 0.309 e. The summed E-state index contributed by atoms with van der Waals surface area (Å²) in [4.78, 5) is 23.7. The van der Waals surface area contributed by atoms with Crippen molar-refractivity contribution in [1.82, 2.24) is 0 Å². The van der Waals surface area contributed by atoms with Crippen LogP contribution in [0.15, 0.2) is 11.6 Å². The summed E-state index contributed by atoms with van der Waals surface area (Å²) in [6.45, 7) is 7.47. The Hall–Kier alpha value is -1.36. The number of rotatable bonds is 1. The highest BCUT2D eigenvalue weighted by Crippen LogP contribution is 2.67. The van der Waals surface area contributed by atoms with E-state index in [1.54, 1.807) is 0 Å². The van der Waals surface area contributed by atoms with Gasteiger partial charge in [0.05, 0.1) is 11.5 Å². The molecule has 0 N–H and O–H groups in total. The van der Waals surface area contributed by atoms with Gasteiger partial charge in [0.15, 0.2) is 0 Å². The van der Waals surface area contributed by atoms with Crippen molar-refractivity contribution < 1.29 is 23.8 Å². The summed E-state index contributed by atoms with van der Waals surface area (Å²) in [6, 6.07) is 0. The fourth-order valence-corrected chi connectivity index (χ4v) is 5.14. The highest BCUT2D eigenvalue weighted by atomic mass is 16.6. The van der Waals surface area contributed by atoms with Gasteiger partial charge in [-0.05, 0) is 20.3 Å². The lowest BCUT2D eigenvalue weighted by molar-refractivity contribution is -0.152. The lowest BCUT2D eigenvalue weighted by atomic mass is 9.77. The topological polar surface area (TPSA) is 65.1 Å². The lowest BCUT2D eigenvalue weighted by Gasteiger charge is -2.30. The van der Waals surface area contributed by atoms with Crippen LogP contribution in [0.4, 0.5) is 0 Å². The first-order valence-corrected chi connectivity index (χ1v) is 8.04. The van der Waals surface area contributed by atoms with E-state index in [4.69, 9.17) is 14.2 Å². The fraction of sp³-hybridized carbons (Fsp3) is 0.765. The molecule has 5 nitrogen and oxygen atoms in total. The second kappa shape index (κ2) is 4.13. The highest BCUT2D eigenvalue weighted by molar-refractivity contribution is 5.75. The van der Waals surface area contributed by atoms with Crippen molar-refractivity contribution in [1.29, 1.82) is 0 Å². The molecule has 0 aromatic carbocycles. The Morgan fingerprint density at radius 3 is 2.86 bits per heavy atom. The Morgan fingerprint density at radius 1 is 1.45 bits per heavy atom. The minimum absolute atomic E-state index is 0.0805. The van der Waals surface area contributed by atoms with E-state index in [0.29, 0.717) is 6.42 Å². The average molecular weight is 306 g/mol. The normalized spacial score (nSPS) is 51.9. The van der Waals surface area contributed by atoms with Gasteiger partial charge in [0.25, 0.3) is 0 Å². The van der Waals surface area contributed by atoms with E-state index in [9.17, 15) is 9.59 Å². The van der Waals surface area contributed by atoms with Crippen LogP contribution < -0.4 is 0 Å². The largest absolute Gasteiger partial charge is 0.462 e. The first-order chi connectivity index (χ1) is 10.3. The molecule has 1 spiro atoms. The number of esters is 2. The number of epoxide rings is 1. The molecule has 0 aromatic heterocycles. The lowest BCUT2D eigenvalue weighted by Crippen LogP contribution is -2.40. The third-order valence-electron chi connectivity index (χ3n) is 6.23. The number of carbonyl (C=O) groups is 2. The molecule has 22 heavy (non-hydrogen) atoms. The Morgan fingerprint density at radius 2 is 2.18 bits per heavy atom. The standard InChI is InChI=1S/C17H22O5/c1-8-5-6-17-13(8)14-12(9(2)15(19)21-14)11(20-10(3)18)7-16(17,4)22-17/h5,9,11-14H,6-7H2,1-4H3/t9-,11+,12+,13+,14-,16+,17-/m0/s1. The van der Waals surface area contributed by atoms with Crippen molar-refractivity contribution in [2.75, 3.05) is 0 Å². The maximum atomic E-state index is 12.2. The van der Waals surface area contributed by atoms with Gasteiger partial charge in [0.1, 0.15) is 17.8 Å². The van der Waals surface area contributed by atoms with Gasteiger partial charge in [-0.2, -0.15) is 0 Å². The Bertz CT molecular complexity index is 596. The van der Waals surface area contributed by atoms with E-state index in [1.807, 2.05) is 6.92 Å². The van der Waals surface area contributed by atoms with Crippen molar-refractivity contribution in [3.8, 4) is 0 Å². The second-order valence-electron chi connectivity index (χ2n) is 7.47. The molecular formula is C17H22O5. The molecule has 0 radical (unpaired) electrons. The van der Waals surface area contributed by atoms with Gasteiger partial charge in [-0.1, -0.05) is 18.6 Å². The van der Waals surface area contributed by atoms with E-state index < -0.39 is 0 Å². The van der Waals surface area contributed by atoms with E-state index >= 15 is 0 Å². The minimum atomic E-state index is -0.327. The molecular weight excluding hydrogens is 284 g/mol. The molecule has 0 amide bonds. The molecule has 0 unspecified atom stereocenters. The Labute approximate surface area is 130 Å². The van der Waals surface area contributed by atoms with Crippen LogP contribution in [0.1, 0.15) is 40.5 Å². The van der Waals surface area contributed by atoms with Crippen LogP contribution in [0.5, 0.6) is 0 Å². The monoisotopic (exact) mass is 306 g/mol. The van der Waals surface area contributed by atoms with Crippen LogP contribution >= 0.6 is 0 Å². The number of fused-ring (bicyclic) bond motifs is 2. The van der Waals surface area contributed by atoms with Crippen LogP contribution in [-0.2, 0) is 23.8 Å². The number of hydrogen-bond acceptors (Lipinski definition) is 5. The van der Waals surface area contributed by atoms with Gasteiger partial charge < -0.3 is 14.2 Å². The van der Waals surface area contributed by atoms with Crippen molar-refractivity contribution in [2.45, 2.75) is 63.9 Å². The van der Waals surface area contributed by atoms with Gasteiger partial charge in [-0.3, -0.25) is 9.59 Å². The molecule has 120 valence electrons. The molecule has 1 saturated carbocycles. The van der Waals surface area contributed by atoms with E-state index in [2.05, 4.69) is 19.9 Å². The summed E-state index contributed by atoms with van der Waals surface area (Å²) < 4.78 is 17.5. The van der Waals surface area contributed by atoms with Crippen LogP contribution in [0.3, 0.4) is 0 Å². The predicted octanol–water partition coefficient (Wildman–Crippen LogP) is 1.99. The maximum Gasteiger partial charge on any atom is 0.309 e. The summed E-state index contributed by atoms with van der Waals surface area (Å²) in [5.74, 6) is -0.759. The number of carbonyl (C=O) groups excluding carboxylic acids is 2. The van der Waals surface area contributed by atoms with Gasteiger partial charge in [-0.15, -0.1) is 0 Å². The van der Waals surface area contributed by atoms with E-state index in [-0.39, 0.29) is 53.1 Å². The number of hydrogen-bond donors (Lipinski definition) is 0.